The van der Waals surface area contributed by atoms with Crippen LogP contribution in [0.4, 0.5) is 4.39 Å². The van der Waals surface area contributed by atoms with Crippen molar-refractivity contribution in [3.63, 3.8) is 0 Å². The molecule has 0 bridgehead atoms. The number of methoxy groups -OCH3 is 1. The molecule has 3 aromatic rings. The van der Waals surface area contributed by atoms with Gasteiger partial charge in [0.25, 0.3) is 11.8 Å². The topological polar surface area (TPSA) is 89.3 Å². The Balaban J connectivity index is 1.38. The van der Waals surface area contributed by atoms with Crippen molar-refractivity contribution in [2.45, 2.75) is 38.9 Å². The molecule has 0 saturated heterocycles. The molecule has 1 aromatic carbocycles. The average molecular weight is 464 g/mol. The number of ether oxygens (including phenoxy) is 1. The highest BCUT2D eigenvalue weighted by Crippen LogP contribution is 2.33. The number of nitrogens with one attached hydrogen (secondary N) is 1. The minimum atomic E-state index is -0.585. The molecule has 34 heavy (non-hydrogen) atoms. The Labute approximate surface area is 196 Å². The van der Waals surface area contributed by atoms with Gasteiger partial charge in [0.2, 0.25) is 0 Å². The lowest BCUT2D eigenvalue weighted by molar-refractivity contribution is 0.0729. The summed E-state index contributed by atoms with van der Waals surface area (Å²) in [6, 6.07) is 9.72. The van der Waals surface area contributed by atoms with Gasteiger partial charge in [-0.05, 0) is 49.1 Å². The van der Waals surface area contributed by atoms with Gasteiger partial charge in [0.1, 0.15) is 0 Å². The summed E-state index contributed by atoms with van der Waals surface area (Å²) in [5.41, 5.74) is 3.09. The van der Waals surface area contributed by atoms with Gasteiger partial charge in [-0.1, -0.05) is 6.07 Å². The summed E-state index contributed by atoms with van der Waals surface area (Å²) in [5.74, 6) is -0.484. The van der Waals surface area contributed by atoms with Crippen molar-refractivity contribution in [2.75, 3.05) is 13.7 Å². The summed E-state index contributed by atoms with van der Waals surface area (Å²) in [5, 5.41) is 7.56. The average Bonchev–Trinajstić information content (AvgIpc) is 3.62. The van der Waals surface area contributed by atoms with E-state index in [9.17, 15) is 14.0 Å². The van der Waals surface area contributed by atoms with Crippen molar-refractivity contribution >= 4 is 11.8 Å². The number of halogens is 1. The predicted molar refractivity (Wildman–Crippen MR) is 122 cm³/mol. The van der Waals surface area contributed by atoms with Crippen LogP contribution in [0.5, 0.6) is 5.75 Å². The van der Waals surface area contributed by atoms with Gasteiger partial charge in [-0.15, -0.1) is 0 Å². The number of nitrogens with zero attached hydrogens (tertiary/aromatic N) is 4. The van der Waals surface area contributed by atoms with Gasteiger partial charge >= 0.3 is 0 Å². The first-order valence-electron chi connectivity index (χ1n) is 11.4. The van der Waals surface area contributed by atoms with Crippen LogP contribution < -0.4 is 10.1 Å². The number of rotatable bonds is 7. The van der Waals surface area contributed by atoms with E-state index in [0.29, 0.717) is 24.6 Å². The smallest absolute Gasteiger partial charge is 0.272 e. The first-order chi connectivity index (χ1) is 16.5. The molecule has 0 unspecified atom stereocenters. The fraction of sp³-hybridized carbons (Fsp3) is 0.360. The summed E-state index contributed by atoms with van der Waals surface area (Å²) in [6.07, 6.45) is 4.61. The number of benzene rings is 1. The normalized spacial score (nSPS) is 15.1. The molecule has 8 nitrogen and oxygen atoms in total. The SMILES string of the molecule is COc1ccc(C(=O)N2CCc3c(c(C(=O)NCc4ccccn4)nn3CC3CC3)C2)cc1F. The van der Waals surface area contributed by atoms with Gasteiger partial charge < -0.3 is 15.0 Å². The number of pyridine rings is 1. The summed E-state index contributed by atoms with van der Waals surface area (Å²) in [7, 11) is 1.38. The lowest BCUT2D eigenvalue weighted by atomic mass is 10.0. The van der Waals surface area contributed by atoms with Crippen molar-refractivity contribution in [3.8, 4) is 5.75 Å². The zero-order chi connectivity index (χ0) is 23.7. The van der Waals surface area contributed by atoms with Crippen LogP contribution in [0.15, 0.2) is 42.6 Å². The van der Waals surface area contributed by atoms with E-state index in [4.69, 9.17) is 4.74 Å². The zero-order valence-electron chi connectivity index (χ0n) is 19.0. The molecule has 1 N–H and O–H groups in total. The van der Waals surface area contributed by atoms with E-state index in [1.165, 1.54) is 32.1 Å². The number of hydrogen-bond acceptors (Lipinski definition) is 5. The number of carbonyl (C=O) groups excluding carboxylic acids is 2. The van der Waals surface area contributed by atoms with Gasteiger partial charge in [-0.3, -0.25) is 19.3 Å². The Morgan fingerprint density at radius 3 is 2.79 bits per heavy atom. The number of carbonyl (C=O) groups is 2. The van der Waals surface area contributed by atoms with Crippen LogP contribution in [0.25, 0.3) is 0 Å². The molecule has 0 spiro atoms. The van der Waals surface area contributed by atoms with Crippen molar-refractivity contribution in [3.05, 3.63) is 76.6 Å². The van der Waals surface area contributed by atoms with Crippen molar-refractivity contribution in [1.29, 1.82) is 0 Å². The van der Waals surface area contributed by atoms with Crippen LogP contribution in [-0.2, 0) is 26.1 Å². The molecule has 1 aliphatic heterocycles. The number of aromatic nitrogens is 3. The molecule has 0 radical (unpaired) electrons. The molecule has 9 heteroatoms. The number of hydrogen-bond donors (Lipinski definition) is 1. The second-order valence-electron chi connectivity index (χ2n) is 8.73. The summed E-state index contributed by atoms with van der Waals surface area (Å²) in [6.45, 7) is 1.80. The molecule has 2 amide bonds. The maximum Gasteiger partial charge on any atom is 0.272 e. The van der Waals surface area contributed by atoms with E-state index in [2.05, 4.69) is 15.4 Å². The molecular weight excluding hydrogens is 437 g/mol. The minimum absolute atomic E-state index is 0.0886. The molecule has 1 saturated carbocycles. The van der Waals surface area contributed by atoms with Crippen molar-refractivity contribution in [1.82, 2.24) is 25.0 Å². The molecule has 1 aliphatic carbocycles. The molecule has 1 fully saturated rings. The lowest BCUT2D eigenvalue weighted by Gasteiger charge is -2.28. The van der Waals surface area contributed by atoms with Crippen LogP contribution in [0.3, 0.4) is 0 Å². The summed E-state index contributed by atoms with van der Waals surface area (Å²) >= 11 is 0. The minimum Gasteiger partial charge on any atom is -0.494 e. The summed E-state index contributed by atoms with van der Waals surface area (Å²) < 4.78 is 21.1. The highest BCUT2D eigenvalue weighted by molar-refractivity contribution is 5.96. The lowest BCUT2D eigenvalue weighted by Crippen LogP contribution is -2.37. The summed E-state index contributed by atoms with van der Waals surface area (Å²) in [4.78, 5) is 32.1. The molecular formula is C25H26FN5O3. The fourth-order valence-corrected chi connectivity index (χ4v) is 4.28. The molecule has 0 atom stereocenters. The van der Waals surface area contributed by atoms with Crippen molar-refractivity contribution < 1.29 is 18.7 Å². The Morgan fingerprint density at radius 1 is 1.24 bits per heavy atom. The predicted octanol–water partition coefficient (Wildman–Crippen LogP) is 2.96. The third-order valence-corrected chi connectivity index (χ3v) is 6.32. The van der Waals surface area contributed by atoms with Gasteiger partial charge in [0, 0.05) is 42.5 Å². The van der Waals surface area contributed by atoms with E-state index in [1.807, 2.05) is 22.9 Å². The maximum absolute atomic E-state index is 14.2. The van der Waals surface area contributed by atoms with Gasteiger partial charge in [-0.2, -0.15) is 5.10 Å². The number of fused-ring (bicyclic) bond motifs is 1. The third-order valence-electron chi connectivity index (χ3n) is 6.32. The molecule has 2 aromatic heterocycles. The van der Waals surface area contributed by atoms with Gasteiger partial charge in [0.05, 0.1) is 25.9 Å². The quantitative estimate of drug-likeness (QED) is 0.582. The van der Waals surface area contributed by atoms with E-state index in [0.717, 1.165) is 23.5 Å². The monoisotopic (exact) mass is 463 g/mol. The fourth-order valence-electron chi connectivity index (χ4n) is 4.28. The van der Waals surface area contributed by atoms with E-state index in [-0.39, 0.29) is 36.2 Å². The second kappa shape index (κ2) is 9.24. The number of amides is 2. The van der Waals surface area contributed by atoms with Crippen LogP contribution in [0, 0.1) is 11.7 Å². The third kappa shape index (κ3) is 4.50. The van der Waals surface area contributed by atoms with E-state index < -0.39 is 5.82 Å². The molecule has 2 aliphatic rings. The molecule has 5 rings (SSSR count). The second-order valence-corrected chi connectivity index (χ2v) is 8.73. The van der Waals surface area contributed by atoms with Crippen LogP contribution >= 0.6 is 0 Å². The first kappa shape index (κ1) is 22.1. The van der Waals surface area contributed by atoms with E-state index >= 15 is 0 Å². The van der Waals surface area contributed by atoms with Crippen LogP contribution in [0.2, 0.25) is 0 Å². The van der Waals surface area contributed by atoms with Crippen molar-refractivity contribution in [2.24, 2.45) is 5.92 Å². The zero-order valence-corrected chi connectivity index (χ0v) is 19.0. The highest BCUT2D eigenvalue weighted by Gasteiger charge is 2.32. The maximum atomic E-state index is 14.2. The van der Waals surface area contributed by atoms with Crippen LogP contribution in [0.1, 0.15) is 50.6 Å². The van der Waals surface area contributed by atoms with Gasteiger partial charge in [-0.25, -0.2) is 4.39 Å². The Morgan fingerprint density at radius 2 is 2.09 bits per heavy atom. The Kier molecular flexibility index (Phi) is 6.00. The standard InChI is InChI=1S/C25H26FN5O3/c1-34-22-8-7-17(12-20(22)26)25(33)30-11-9-21-19(15-30)23(29-31(21)14-16-5-6-16)24(32)28-13-18-4-2-3-10-27-18/h2-4,7-8,10,12,16H,5-6,9,11,13-15H2,1H3,(H,28,32). The Bertz CT molecular complexity index is 1220. The van der Waals surface area contributed by atoms with E-state index in [1.54, 1.807) is 17.2 Å². The van der Waals surface area contributed by atoms with Gasteiger partial charge in [0.15, 0.2) is 17.3 Å². The first-order valence-corrected chi connectivity index (χ1v) is 11.4. The molecule has 3 heterocycles. The largest absolute Gasteiger partial charge is 0.494 e. The Hall–Kier alpha value is -3.75. The van der Waals surface area contributed by atoms with Crippen LogP contribution in [-0.4, -0.2) is 45.1 Å². The highest BCUT2D eigenvalue weighted by atomic mass is 19.1. The molecule has 176 valence electrons.